The molecule has 0 bridgehead atoms. The Balaban J connectivity index is 3.60. The molecule has 0 saturated heterocycles. The summed E-state index contributed by atoms with van der Waals surface area (Å²) in [6.45, 7) is 5.19. The summed E-state index contributed by atoms with van der Waals surface area (Å²) in [6, 6.07) is 0. The van der Waals surface area contributed by atoms with Crippen molar-refractivity contribution in [2.24, 2.45) is 0 Å². The third-order valence-corrected chi connectivity index (χ3v) is 4.95. The van der Waals surface area contributed by atoms with Gasteiger partial charge in [-0.2, -0.15) is 0 Å². The van der Waals surface area contributed by atoms with Crippen LogP contribution in [0.5, 0.6) is 0 Å². The highest BCUT2D eigenvalue weighted by molar-refractivity contribution is 7.48. The van der Waals surface area contributed by atoms with Gasteiger partial charge in [-0.15, -0.1) is 11.6 Å². The topological polar surface area (TPSA) is 44.8 Å². The average Bonchev–Trinajstić information content (AvgIpc) is 2.53. The first kappa shape index (κ1) is 22.4. The summed E-state index contributed by atoms with van der Waals surface area (Å²) in [7, 11) is -3.34. The van der Waals surface area contributed by atoms with Crippen molar-refractivity contribution in [2.75, 3.05) is 25.7 Å². The number of alkyl halides is 1. The van der Waals surface area contributed by atoms with Crippen LogP contribution in [-0.4, -0.2) is 25.7 Å². The zero-order valence-corrected chi connectivity index (χ0v) is 16.0. The molecule has 0 amide bonds. The molecule has 6 heteroatoms. The standard InChI is InChI=1S/C16H34ClO4P/c1-3-14-19-22(18,20-15-4-2)21-16-12-10-8-6-5-7-9-11-13-17/h3-16H2,1-2H3. The predicted molar refractivity (Wildman–Crippen MR) is 93.7 cm³/mol. The maximum Gasteiger partial charge on any atom is 0.474 e. The Hall–Kier alpha value is 0.400. The molecule has 0 atom stereocenters. The first-order valence-electron chi connectivity index (χ1n) is 8.78. The van der Waals surface area contributed by atoms with Crippen LogP contribution in [0, 0.1) is 0 Å². The van der Waals surface area contributed by atoms with E-state index >= 15 is 0 Å². The van der Waals surface area contributed by atoms with E-state index in [1.54, 1.807) is 0 Å². The number of unbranched alkanes of at least 4 members (excludes halogenated alkanes) is 7. The number of rotatable bonds is 17. The molecular formula is C16H34ClO4P. The van der Waals surface area contributed by atoms with Crippen LogP contribution in [0.2, 0.25) is 0 Å². The van der Waals surface area contributed by atoms with E-state index in [1.165, 1.54) is 32.1 Å². The molecule has 0 N–H and O–H groups in total. The molecule has 4 nitrogen and oxygen atoms in total. The van der Waals surface area contributed by atoms with Crippen molar-refractivity contribution < 1.29 is 18.1 Å². The normalized spacial score (nSPS) is 12.0. The second-order valence-corrected chi connectivity index (χ2v) is 7.51. The molecule has 0 saturated carbocycles. The second kappa shape index (κ2) is 16.3. The fourth-order valence-corrected chi connectivity index (χ4v) is 3.53. The van der Waals surface area contributed by atoms with Crippen LogP contribution in [0.15, 0.2) is 0 Å². The number of phosphoric ester groups is 1. The second-order valence-electron chi connectivity index (χ2n) is 5.46. The van der Waals surface area contributed by atoms with Gasteiger partial charge in [0.25, 0.3) is 0 Å². The molecule has 0 spiro atoms. The lowest BCUT2D eigenvalue weighted by Gasteiger charge is -2.17. The van der Waals surface area contributed by atoms with Gasteiger partial charge in [0.15, 0.2) is 0 Å². The van der Waals surface area contributed by atoms with Crippen molar-refractivity contribution in [3.05, 3.63) is 0 Å². The quantitative estimate of drug-likeness (QED) is 0.174. The summed E-state index contributed by atoms with van der Waals surface area (Å²) >= 11 is 5.64. The predicted octanol–water partition coefficient (Wildman–Crippen LogP) is 6.32. The van der Waals surface area contributed by atoms with E-state index in [4.69, 9.17) is 25.2 Å². The lowest BCUT2D eigenvalue weighted by molar-refractivity contribution is 0.111. The van der Waals surface area contributed by atoms with E-state index in [1.807, 2.05) is 13.8 Å². The van der Waals surface area contributed by atoms with Crippen LogP contribution in [0.4, 0.5) is 0 Å². The van der Waals surface area contributed by atoms with Gasteiger partial charge in [-0.1, -0.05) is 52.4 Å². The third-order valence-electron chi connectivity index (χ3n) is 3.18. The molecule has 0 fully saturated rings. The van der Waals surface area contributed by atoms with Crippen molar-refractivity contribution in [1.82, 2.24) is 0 Å². The Bertz CT molecular complexity index is 265. The van der Waals surface area contributed by atoms with E-state index in [0.29, 0.717) is 19.8 Å². The van der Waals surface area contributed by atoms with Crippen LogP contribution < -0.4 is 0 Å². The van der Waals surface area contributed by atoms with E-state index < -0.39 is 7.82 Å². The molecule has 0 rings (SSSR count). The molecule has 0 aromatic carbocycles. The van der Waals surface area contributed by atoms with Gasteiger partial charge in [-0.3, -0.25) is 13.6 Å². The number of halogens is 1. The molecule has 0 aromatic heterocycles. The van der Waals surface area contributed by atoms with Crippen LogP contribution in [0.3, 0.4) is 0 Å². The van der Waals surface area contributed by atoms with Gasteiger partial charge >= 0.3 is 7.82 Å². The Morgan fingerprint density at radius 1 is 0.682 bits per heavy atom. The first-order chi connectivity index (χ1) is 10.7. The maximum atomic E-state index is 12.3. The molecular weight excluding hydrogens is 323 g/mol. The largest absolute Gasteiger partial charge is 0.474 e. The van der Waals surface area contributed by atoms with Crippen molar-refractivity contribution in [2.45, 2.75) is 78.1 Å². The summed E-state index contributed by atoms with van der Waals surface area (Å²) in [5.41, 5.74) is 0. The highest BCUT2D eigenvalue weighted by Crippen LogP contribution is 2.49. The minimum Gasteiger partial charge on any atom is -0.287 e. The lowest BCUT2D eigenvalue weighted by Crippen LogP contribution is -2.03. The van der Waals surface area contributed by atoms with Gasteiger partial charge < -0.3 is 0 Å². The van der Waals surface area contributed by atoms with Crippen LogP contribution in [0.1, 0.15) is 78.1 Å². The van der Waals surface area contributed by atoms with E-state index in [2.05, 4.69) is 0 Å². The summed E-state index contributed by atoms with van der Waals surface area (Å²) in [4.78, 5) is 0. The Labute approximate surface area is 141 Å². The lowest BCUT2D eigenvalue weighted by atomic mass is 10.1. The monoisotopic (exact) mass is 356 g/mol. The zero-order valence-electron chi connectivity index (χ0n) is 14.4. The summed E-state index contributed by atoms with van der Waals surface area (Å²) in [6.07, 6.45) is 10.9. The summed E-state index contributed by atoms with van der Waals surface area (Å²) < 4.78 is 28.2. The fraction of sp³-hybridized carbons (Fsp3) is 1.00. The summed E-state index contributed by atoms with van der Waals surface area (Å²) in [5.74, 6) is 0.775. The minimum absolute atomic E-state index is 0.406. The van der Waals surface area contributed by atoms with Crippen LogP contribution in [-0.2, 0) is 18.1 Å². The van der Waals surface area contributed by atoms with Crippen LogP contribution >= 0.6 is 19.4 Å². The number of hydrogen-bond acceptors (Lipinski definition) is 4. The molecule has 0 unspecified atom stereocenters. The smallest absolute Gasteiger partial charge is 0.287 e. The average molecular weight is 357 g/mol. The van der Waals surface area contributed by atoms with E-state index in [-0.39, 0.29) is 0 Å². The van der Waals surface area contributed by atoms with E-state index in [0.717, 1.165) is 38.0 Å². The van der Waals surface area contributed by atoms with Crippen LogP contribution in [0.25, 0.3) is 0 Å². The highest BCUT2D eigenvalue weighted by Gasteiger charge is 2.25. The van der Waals surface area contributed by atoms with Crippen molar-refractivity contribution in [1.29, 1.82) is 0 Å². The highest BCUT2D eigenvalue weighted by atomic mass is 35.5. The van der Waals surface area contributed by atoms with E-state index in [9.17, 15) is 4.57 Å². The number of phosphoric acid groups is 1. The Morgan fingerprint density at radius 2 is 1.09 bits per heavy atom. The van der Waals surface area contributed by atoms with Gasteiger partial charge in [0.05, 0.1) is 19.8 Å². The molecule has 0 aliphatic rings. The van der Waals surface area contributed by atoms with Crippen molar-refractivity contribution in [3.63, 3.8) is 0 Å². The van der Waals surface area contributed by atoms with Crippen molar-refractivity contribution in [3.8, 4) is 0 Å². The number of hydrogen-bond donors (Lipinski definition) is 0. The zero-order chi connectivity index (χ0) is 16.5. The molecule has 22 heavy (non-hydrogen) atoms. The summed E-state index contributed by atoms with van der Waals surface area (Å²) in [5, 5.41) is 0. The molecule has 0 heterocycles. The molecule has 0 aliphatic carbocycles. The van der Waals surface area contributed by atoms with Gasteiger partial charge in [-0.05, 0) is 25.7 Å². The molecule has 0 radical (unpaired) electrons. The molecule has 134 valence electrons. The Kier molecular flexibility index (Phi) is 16.6. The minimum atomic E-state index is -3.34. The van der Waals surface area contributed by atoms with Gasteiger partial charge in [0.1, 0.15) is 0 Å². The first-order valence-corrected chi connectivity index (χ1v) is 10.8. The van der Waals surface area contributed by atoms with Gasteiger partial charge in [-0.25, -0.2) is 4.57 Å². The maximum absolute atomic E-state index is 12.3. The van der Waals surface area contributed by atoms with Crippen molar-refractivity contribution >= 4 is 19.4 Å². The van der Waals surface area contributed by atoms with Gasteiger partial charge in [0, 0.05) is 5.88 Å². The molecule has 0 aromatic rings. The molecule has 0 aliphatic heterocycles. The third kappa shape index (κ3) is 14.0. The fourth-order valence-electron chi connectivity index (χ4n) is 1.95. The van der Waals surface area contributed by atoms with Gasteiger partial charge in [0.2, 0.25) is 0 Å². The SMILES string of the molecule is CCCOP(=O)(OCCC)OCCCCCCCCCCCl. The Morgan fingerprint density at radius 3 is 1.55 bits per heavy atom.